The van der Waals surface area contributed by atoms with Crippen LogP contribution in [0.5, 0.6) is 11.5 Å². The van der Waals surface area contributed by atoms with Crippen LogP contribution >= 0.6 is 0 Å². The molecule has 158 valence electrons. The number of hydrogen-bond acceptors (Lipinski definition) is 6. The summed E-state index contributed by atoms with van der Waals surface area (Å²) < 4.78 is 15.8. The highest BCUT2D eigenvalue weighted by Crippen LogP contribution is 2.36. The van der Waals surface area contributed by atoms with E-state index >= 15 is 0 Å². The molecule has 0 N–H and O–H groups in total. The van der Waals surface area contributed by atoms with Crippen LogP contribution in [0.1, 0.15) is 27.9 Å². The lowest BCUT2D eigenvalue weighted by Gasteiger charge is -2.20. The van der Waals surface area contributed by atoms with E-state index in [1.165, 1.54) is 12.0 Å². The zero-order chi connectivity index (χ0) is 21.8. The van der Waals surface area contributed by atoms with Crippen LogP contribution in [0.3, 0.4) is 0 Å². The van der Waals surface area contributed by atoms with Gasteiger partial charge in [-0.3, -0.25) is 14.4 Å². The van der Waals surface area contributed by atoms with Crippen molar-refractivity contribution in [3.63, 3.8) is 0 Å². The molecule has 0 bridgehead atoms. The minimum absolute atomic E-state index is 0.0197. The molecule has 0 aliphatic carbocycles. The topological polar surface area (TPSA) is 82.1 Å². The second-order valence-electron chi connectivity index (χ2n) is 7.27. The predicted octanol–water partition coefficient (Wildman–Crippen LogP) is 3.10. The molecule has 30 heavy (non-hydrogen) atoms. The Bertz CT molecular complexity index is 984. The van der Waals surface area contributed by atoms with Crippen molar-refractivity contribution in [2.75, 3.05) is 32.3 Å². The molecule has 1 atom stereocenters. The maximum absolute atomic E-state index is 12.5. The molecule has 0 aromatic heterocycles. The van der Waals surface area contributed by atoms with Gasteiger partial charge in [0.25, 0.3) is 0 Å². The Balaban J connectivity index is 1.64. The van der Waals surface area contributed by atoms with Gasteiger partial charge in [-0.25, -0.2) is 0 Å². The molecule has 1 heterocycles. The first-order valence-corrected chi connectivity index (χ1v) is 9.63. The highest BCUT2D eigenvalue weighted by atomic mass is 16.5. The van der Waals surface area contributed by atoms with Gasteiger partial charge in [0.05, 0.1) is 25.8 Å². The molecule has 2 aromatic rings. The summed E-state index contributed by atoms with van der Waals surface area (Å²) in [5.74, 6) is -0.609. The zero-order valence-electron chi connectivity index (χ0n) is 17.6. The summed E-state index contributed by atoms with van der Waals surface area (Å²) in [6.45, 7) is 3.70. The summed E-state index contributed by atoms with van der Waals surface area (Å²) in [5, 5.41) is 0. The number of hydrogen-bond donors (Lipinski definition) is 0. The second-order valence-corrected chi connectivity index (χ2v) is 7.27. The van der Waals surface area contributed by atoms with Crippen LogP contribution in [-0.2, 0) is 14.3 Å². The van der Waals surface area contributed by atoms with Crippen molar-refractivity contribution in [3.05, 3.63) is 53.1 Å². The lowest BCUT2D eigenvalue weighted by molar-refractivity contribution is -0.147. The Morgan fingerprint density at radius 3 is 2.47 bits per heavy atom. The molecule has 0 unspecified atom stereocenters. The van der Waals surface area contributed by atoms with Crippen LogP contribution < -0.4 is 14.4 Å². The first kappa shape index (κ1) is 21.4. The van der Waals surface area contributed by atoms with Gasteiger partial charge in [0.2, 0.25) is 5.91 Å². The van der Waals surface area contributed by atoms with E-state index < -0.39 is 11.9 Å². The van der Waals surface area contributed by atoms with Gasteiger partial charge in [0.15, 0.2) is 12.4 Å². The number of ether oxygens (including phenoxy) is 3. The second kappa shape index (κ2) is 8.98. The number of esters is 1. The first-order chi connectivity index (χ1) is 14.3. The van der Waals surface area contributed by atoms with Gasteiger partial charge in [0.1, 0.15) is 11.5 Å². The number of nitrogens with zero attached hydrogens (tertiary/aromatic N) is 1. The molecule has 7 nitrogen and oxygen atoms in total. The third-order valence-electron chi connectivity index (χ3n) is 5.31. The number of aryl methyl sites for hydroxylation is 2. The summed E-state index contributed by atoms with van der Waals surface area (Å²) in [7, 11) is 3.05. The lowest BCUT2D eigenvalue weighted by atomic mass is 10.0. The molecule has 1 fully saturated rings. The Morgan fingerprint density at radius 2 is 1.80 bits per heavy atom. The number of carbonyl (C=O) groups is 3. The summed E-state index contributed by atoms with van der Waals surface area (Å²) in [5.41, 5.74) is 3.14. The molecule has 1 aliphatic rings. The fourth-order valence-electron chi connectivity index (χ4n) is 3.36. The summed E-state index contributed by atoms with van der Waals surface area (Å²) in [4.78, 5) is 38.8. The fraction of sp³-hybridized carbons (Fsp3) is 0.348. The third-order valence-corrected chi connectivity index (χ3v) is 5.31. The van der Waals surface area contributed by atoms with Gasteiger partial charge in [0, 0.05) is 24.6 Å². The standard InChI is InChI=1S/C23H25NO6/c1-14-5-6-16(9-15(14)2)20(25)13-30-23(27)17-10-22(26)24(12-17)19-8-7-18(28-3)11-21(19)29-4/h5-9,11,17H,10,12-13H2,1-4H3/t17-/m0/s1. The molecule has 7 heteroatoms. The average Bonchev–Trinajstić information content (AvgIpc) is 3.14. The Hall–Kier alpha value is -3.35. The van der Waals surface area contributed by atoms with Crippen molar-refractivity contribution in [2.24, 2.45) is 5.92 Å². The number of benzene rings is 2. The number of amides is 1. The summed E-state index contributed by atoms with van der Waals surface area (Å²) in [6.07, 6.45) is 0.0197. The normalized spacial score (nSPS) is 15.8. The molecule has 1 amide bonds. The minimum Gasteiger partial charge on any atom is -0.497 e. The number of anilines is 1. The van der Waals surface area contributed by atoms with Gasteiger partial charge >= 0.3 is 5.97 Å². The monoisotopic (exact) mass is 411 g/mol. The van der Waals surface area contributed by atoms with Crippen LogP contribution in [0, 0.1) is 19.8 Å². The summed E-state index contributed by atoms with van der Waals surface area (Å²) in [6, 6.07) is 10.5. The fourth-order valence-corrected chi connectivity index (χ4v) is 3.36. The Labute approximate surface area is 175 Å². The third kappa shape index (κ3) is 4.45. The van der Waals surface area contributed by atoms with E-state index in [0.717, 1.165) is 11.1 Å². The average molecular weight is 411 g/mol. The first-order valence-electron chi connectivity index (χ1n) is 9.63. The van der Waals surface area contributed by atoms with Gasteiger partial charge in [-0.05, 0) is 43.2 Å². The van der Waals surface area contributed by atoms with E-state index in [0.29, 0.717) is 22.7 Å². The van der Waals surface area contributed by atoms with E-state index in [1.54, 1.807) is 37.4 Å². The van der Waals surface area contributed by atoms with E-state index in [9.17, 15) is 14.4 Å². The van der Waals surface area contributed by atoms with Crippen molar-refractivity contribution in [1.82, 2.24) is 0 Å². The molecule has 0 spiro atoms. The maximum Gasteiger partial charge on any atom is 0.311 e. The minimum atomic E-state index is -0.642. The smallest absolute Gasteiger partial charge is 0.311 e. The number of Topliss-reactive ketones (excluding diaryl/α,β-unsaturated/α-hetero) is 1. The van der Waals surface area contributed by atoms with Gasteiger partial charge in [-0.1, -0.05) is 12.1 Å². The quantitative estimate of drug-likeness (QED) is 0.514. The van der Waals surface area contributed by atoms with E-state index in [-0.39, 0.29) is 31.3 Å². The van der Waals surface area contributed by atoms with E-state index in [1.807, 2.05) is 19.9 Å². The van der Waals surface area contributed by atoms with Crippen molar-refractivity contribution in [3.8, 4) is 11.5 Å². The van der Waals surface area contributed by atoms with Crippen LogP contribution in [0.2, 0.25) is 0 Å². The molecule has 3 rings (SSSR count). The van der Waals surface area contributed by atoms with Gasteiger partial charge in [-0.15, -0.1) is 0 Å². The SMILES string of the molecule is COc1ccc(N2C[C@@H](C(=O)OCC(=O)c3ccc(C)c(C)c3)CC2=O)c(OC)c1. The Morgan fingerprint density at radius 1 is 1.03 bits per heavy atom. The molecule has 1 saturated heterocycles. The molecular formula is C23H25NO6. The number of ketones is 1. The maximum atomic E-state index is 12.5. The van der Waals surface area contributed by atoms with E-state index in [2.05, 4.69) is 0 Å². The molecule has 2 aromatic carbocycles. The van der Waals surface area contributed by atoms with E-state index in [4.69, 9.17) is 14.2 Å². The van der Waals surface area contributed by atoms with Crippen molar-refractivity contribution in [2.45, 2.75) is 20.3 Å². The summed E-state index contributed by atoms with van der Waals surface area (Å²) >= 11 is 0. The van der Waals surface area contributed by atoms with Crippen LogP contribution in [0.15, 0.2) is 36.4 Å². The van der Waals surface area contributed by atoms with Crippen LogP contribution in [0.25, 0.3) is 0 Å². The van der Waals surface area contributed by atoms with Gasteiger partial charge in [-0.2, -0.15) is 0 Å². The molecule has 0 radical (unpaired) electrons. The van der Waals surface area contributed by atoms with Crippen molar-refractivity contribution < 1.29 is 28.6 Å². The highest BCUT2D eigenvalue weighted by Gasteiger charge is 2.37. The van der Waals surface area contributed by atoms with Gasteiger partial charge < -0.3 is 19.1 Å². The number of carbonyl (C=O) groups excluding carboxylic acids is 3. The van der Waals surface area contributed by atoms with Crippen molar-refractivity contribution in [1.29, 1.82) is 0 Å². The van der Waals surface area contributed by atoms with Crippen LogP contribution in [-0.4, -0.2) is 45.0 Å². The molecule has 0 saturated carbocycles. The molecule has 1 aliphatic heterocycles. The Kier molecular flexibility index (Phi) is 6.40. The van der Waals surface area contributed by atoms with Crippen LogP contribution in [0.4, 0.5) is 5.69 Å². The largest absolute Gasteiger partial charge is 0.497 e. The molecular weight excluding hydrogens is 386 g/mol. The lowest BCUT2D eigenvalue weighted by Crippen LogP contribution is -2.27. The predicted molar refractivity (Wildman–Crippen MR) is 111 cm³/mol. The highest BCUT2D eigenvalue weighted by molar-refractivity contribution is 6.01. The number of methoxy groups -OCH3 is 2. The van der Waals surface area contributed by atoms with Crippen molar-refractivity contribution >= 4 is 23.3 Å². The zero-order valence-corrected chi connectivity index (χ0v) is 17.6. The number of rotatable bonds is 7.